The first-order valence-electron chi connectivity index (χ1n) is 8.48. The Bertz CT molecular complexity index is 1100. The van der Waals surface area contributed by atoms with Crippen LogP contribution in [0.5, 0.6) is 0 Å². The second kappa shape index (κ2) is 8.07. The van der Waals surface area contributed by atoms with Crippen molar-refractivity contribution in [1.82, 2.24) is 10.2 Å². The fourth-order valence-electron chi connectivity index (χ4n) is 2.73. The number of hydrogen-bond acceptors (Lipinski definition) is 6. The van der Waals surface area contributed by atoms with Crippen molar-refractivity contribution in [3.8, 4) is 10.6 Å². The van der Waals surface area contributed by atoms with Gasteiger partial charge in [-0.15, -0.1) is 10.2 Å². The van der Waals surface area contributed by atoms with E-state index >= 15 is 0 Å². The summed E-state index contributed by atoms with van der Waals surface area (Å²) in [6, 6.07) is 14.9. The topological polar surface area (TPSA) is 92.3 Å². The minimum Gasteiger partial charge on any atom is -0.299 e. The van der Waals surface area contributed by atoms with Crippen LogP contribution in [-0.2, 0) is 14.8 Å². The second-order valence-electron chi connectivity index (χ2n) is 6.39. The fraction of sp³-hybridized carbons (Fsp3) is 0.211. The maximum absolute atomic E-state index is 12.5. The van der Waals surface area contributed by atoms with E-state index < -0.39 is 15.9 Å². The number of aromatic nitrogens is 2. The van der Waals surface area contributed by atoms with Gasteiger partial charge >= 0.3 is 0 Å². The van der Waals surface area contributed by atoms with Gasteiger partial charge in [0.2, 0.25) is 21.1 Å². The molecule has 9 heteroatoms. The summed E-state index contributed by atoms with van der Waals surface area (Å²) in [5, 5.41) is 11.7. The van der Waals surface area contributed by atoms with Crippen molar-refractivity contribution in [2.24, 2.45) is 0 Å². The lowest BCUT2D eigenvalue weighted by atomic mass is 10.1. The van der Waals surface area contributed by atoms with E-state index in [1.165, 1.54) is 11.3 Å². The molecule has 0 atom stereocenters. The van der Waals surface area contributed by atoms with Gasteiger partial charge in [-0.2, -0.15) is 0 Å². The van der Waals surface area contributed by atoms with Gasteiger partial charge in [0, 0.05) is 5.56 Å². The SMILES string of the molecule is Cc1ccc(N(CC(=O)Nc2nnc(-c3ccccc3)s2)S(C)(=O)=O)c(C)c1. The van der Waals surface area contributed by atoms with Crippen LogP contribution >= 0.6 is 11.3 Å². The van der Waals surface area contributed by atoms with Crippen molar-refractivity contribution in [2.45, 2.75) is 13.8 Å². The Morgan fingerprint density at radius 1 is 1.11 bits per heavy atom. The van der Waals surface area contributed by atoms with Crippen LogP contribution in [0.25, 0.3) is 10.6 Å². The van der Waals surface area contributed by atoms with E-state index in [4.69, 9.17) is 0 Å². The summed E-state index contributed by atoms with van der Waals surface area (Å²) in [7, 11) is -3.64. The maximum atomic E-state index is 12.5. The van der Waals surface area contributed by atoms with Crippen LogP contribution in [0, 0.1) is 13.8 Å². The molecule has 0 aliphatic heterocycles. The molecule has 3 aromatic rings. The molecule has 1 aromatic heterocycles. The van der Waals surface area contributed by atoms with Gasteiger partial charge in [0.1, 0.15) is 11.6 Å². The third-order valence-corrected chi connectivity index (χ3v) is 6.01. The average molecular weight is 417 g/mol. The number of hydrogen-bond donors (Lipinski definition) is 1. The van der Waals surface area contributed by atoms with E-state index in [9.17, 15) is 13.2 Å². The van der Waals surface area contributed by atoms with Gasteiger partial charge in [0.25, 0.3) is 0 Å². The van der Waals surface area contributed by atoms with Gasteiger partial charge in [-0.25, -0.2) is 8.42 Å². The molecule has 0 saturated carbocycles. The highest BCUT2D eigenvalue weighted by Crippen LogP contribution is 2.27. The number of amides is 1. The van der Waals surface area contributed by atoms with Gasteiger partial charge in [0.15, 0.2) is 0 Å². The zero-order chi connectivity index (χ0) is 20.3. The first-order chi connectivity index (χ1) is 13.2. The van der Waals surface area contributed by atoms with E-state index in [1.54, 1.807) is 6.07 Å². The molecule has 146 valence electrons. The lowest BCUT2D eigenvalue weighted by molar-refractivity contribution is -0.114. The standard InChI is InChI=1S/C19H20N4O3S2/c1-13-9-10-16(14(2)11-13)23(28(3,25)26)12-17(24)20-19-22-21-18(27-19)15-7-5-4-6-8-15/h4-11H,12H2,1-3H3,(H,20,22,24). The van der Waals surface area contributed by atoms with Crippen molar-refractivity contribution < 1.29 is 13.2 Å². The van der Waals surface area contributed by atoms with Crippen molar-refractivity contribution in [3.05, 3.63) is 59.7 Å². The van der Waals surface area contributed by atoms with Crippen molar-refractivity contribution in [3.63, 3.8) is 0 Å². The lowest BCUT2D eigenvalue weighted by Crippen LogP contribution is -2.37. The Morgan fingerprint density at radius 2 is 1.82 bits per heavy atom. The smallest absolute Gasteiger partial charge is 0.246 e. The van der Waals surface area contributed by atoms with E-state index in [-0.39, 0.29) is 6.54 Å². The number of nitrogens with zero attached hydrogens (tertiary/aromatic N) is 3. The quantitative estimate of drug-likeness (QED) is 0.666. The van der Waals surface area contributed by atoms with E-state index in [0.29, 0.717) is 15.8 Å². The van der Waals surface area contributed by atoms with Gasteiger partial charge in [-0.05, 0) is 25.5 Å². The Morgan fingerprint density at radius 3 is 2.46 bits per heavy atom. The highest BCUT2D eigenvalue weighted by molar-refractivity contribution is 7.92. The molecule has 0 saturated heterocycles. The van der Waals surface area contributed by atoms with Crippen LogP contribution < -0.4 is 9.62 Å². The monoisotopic (exact) mass is 416 g/mol. The number of aryl methyl sites for hydroxylation is 2. The van der Waals surface area contributed by atoms with Crippen LogP contribution in [-0.4, -0.2) is 37.3 Å². The van der Waals surface area contributed by atoms with Gasteiger partial charge in [-0.1, -0.05) is 59.4 Å². The van der Waals surface area contributed by atoms with Crippen LogP contribution in [0.1, 0.15) is 11.1 Å². The Labute approximate surface area is 168 Å². The molecule has 0 unspecified atom stereocenters. The number of benzene rings is 2. The maximum Gasteiger partial charge on any atom is 0.246 e. The number of anilines is 2. The molecule has 2 aromatic carbocycles. The summed E-state index contributed by atoms with van der Waals surface area (Å²) in [5.74, 6) is -0.485. The second-order valence-corrected chi connectivity index (χ2v) is 9.27. The zero-order valence-electron chi connectivity index (χ0n) is 15.7. The van der Waals surface area contributed by atoms with Crippen molar-refractivity contribution >= 4 is 38.1 Å². The molecule has 0 spiro atoms. The number of sulfonamides is 1. The third kappa shape index (κ3) is 4.73. The molecule has 0 fully saturated rings. The van der Waals surface area contributed by atoms with Gasteiger partial charge in [-0.3, -0.25) is 14.4 Å². The van der Waals surface area contributed by atoms with Gasteiger partial charge < -0.3 is 0 Å². The normalized spacial score (nSPS) is 11.2. The summed E-state index contributed by atoms with van der Waals surface area (Å²) in [5.41, 5.74) is 3.17. The number of rotatable bonds is 6. The first-order valence-corrected chi connectivity index (χ1v) is 11.1. The summed E-state index contributed by atoms with van der Waals surface area (Å²) < 4.78 is 25.6. The molecular weight excluding hydrogens is 396 g/mol. The minimum absolute atomic E-state index is 0.318. The average Bonchev–Trinajstić information content (AvgIpc) is 3.08. The van der Waals surface area contributed by atoms with Crippen LogP contribution in [0.4, 0.5) is 10.8 Å². The predicted molar refractivity (Wildman–Crippen MR) is 112 cm³/mol. The molecule has 28 heavy (non-hydrogen) atoms. The van der Waals surface area contributed by atoms with Crippen molar-refractivity contribution in [2.75, 3.05) is 22.4 Å². The molecule has 0 aliphatic rings. The lowest BCUT2D eigenvalue weighted by Gasteiger charge is -2.23. The fourth-order valence-corrected chi connectivity index (χ4v) is 4.41. The van der Waals surface area contributed by atoms with Crippen molar-refractivity contribution in [1.29, 1.82) is 0 Å². The number of nitrogens with one attached hydrogen (secondary N) is 1. The van der Waals surface area contributed by atoms with E-state index in [2.05, 4.69) is 15.5 Å². The summed E-state index contributed by atoms with van der Waals surface area (Å²) >= 11 is 1.23. The summed E-state index contributed by atoms with van der Waals surface area (Å²) in [4.78, 5) is 12.5. The molecule has 0 bridgehead atoms. The molecule has 1 N–H and O–H groups in total. The summed E-state index contributed by atoms with van der Waals surface area (Å²) in [6.07, 6.45) is 1.08. The predicted octanol–water partition coefficient (Wildman–Crippen LogP) is 3.23. The molecule has 1 amide bonds. The minimum atomic E-state index is -3.64. The Hall–Kier alpha value is -2.78. The number of carbonyl (C=O) groups is 1. The van der Waals surface area contributed by atoms with Crippen LogP contribution in [0.3, 0.4) is 0 Å². The molecule has 3 rings (SSSR count). The Balaban J connectivity index is 1.77. The molecule has 0 radical (unpaired) electrons. The third-order valence-electron chi connectivity index (χ3n) is 4.00. The van der Waals surface area contributed by atoms with E-state index in [1.807, 2.05) is 56.3 Å². The highest BCUT2D eigenvalue weighted by Gasteiger charge is 2.23. The zero-order valence-corrected chi connectivity index (χ0v) is 17.3. The van der Waals surface area contributed by atoms with Gasteiger partial charge in [0.05, 0.1) is 11.9 Å². The highest BCUT2D eigenvalue weighted by atomic mass is 32.2. The molecule has 1 heterocycles. The first kappa shape index (κ1) is 20.0. The van der Waals surface area contributed by atoms with Crippen LogP contribution in [0.2, 0.25) is 0 Å². The number of carbonyl (C=O) groups excluding carboxylic acids is 1. The largest absolute Gasteiger partial charge is 0.299 e. The molecule has 7 nitrogen and oxygen atoms in total. The van der Waals surface area contributed by atoms with Crippen LogP contribution in [0.15, 0.2) is 48.5 Å². The molecule has 0 aliphatic carbocycles. The van der Waals surface area contributed by atoms with E-state index in [0.717, 1.165) is 27.3 Å². The summed E-state index contributed by atoms with van der Waals surface area (Å²) in [6.45, 7) is 3.40. The molecular formula is C19H20N4O3S2. The Kier molecular flexibility index (Phi) is 5.76.